The van der Waals surface area contributed by atoms with Crippen LogP contribution in [0.25, 0.3) is 0 Å². The number of amides is 1. The van der Waals surface area contributed by atoms with Crippen molar-refractivity contribution in [2.45, 2.75) is 32.7 Å². The quantitative estimate of drug-likeness (QED) is 0.588. The van der Waals surface area contributed by atoms with E-state index in [1.807, 2.05) is 13.8 Å². The fraction of sp³-hybridized carbons (Fsp3) is 0.700. The Morgan fingerprint density at radius 1 is 1.62 bits per heavy atom. The molecule has 0 fully saturated rings. The lowest BCUT2D eigenvalue weighted by atomic mass is 10.2. The number of hydrogen-bond donors (Lipinski definition) is 2. The van der Waals surface area contributed by atoms with E-state index in [2.05, 4.69) is 16.6 Å². The van der Waals surface area contributed by atoms with Gasteiger partial charge in [-0.2, -0.15) is 0 Å². The van der Waals surface area contributed by atoms with Crippen LogP contribution in [0.4, 0.5) is 0 Å². The minimum atomic E-state index is 0.0860. The maximum atomic E-state index is 11.0. The van der Waals surface area contributed by atoms with Crippen LogP contribution in [0.15, 0.2) is 0 Å². The molecular weight excluding hydrogens is 164 g/mol. The number of hydrogen-bond acceptors (Lipinski definition) is 2. The predicted molar refractivity (Wildman–Crippen MR) is 54.2 cm³/mol. The Bertz CT molecular complexity index is 184. The normalized spacial score (nSPS) is 11.8. The lowest BCUT2D eigenvalue weighted by Gasteiger charge is -2.09. The first-order valence-corrected chi connectivity index (χ1v) is 4.64. The summed E-state index contributed by atoms with van der Waals surface area (Å²) < 4.78 is 0. The average molecular weight is 182 g/mol. The minimum absolute atomic E-state index is 0.0860. The summed E-state index contributed by atoms with van der Waals surface area (Å²) in [7, 11) is 0. The van der Waals surface area contributed by atoms with E-state index in [9.17, 15) is 4.79 Å². The predicted octanol–water partition coefficient (Wildman–Crippen LogP) is 0.514. The maximum Gasteiger partial charge on any atom is 0.221 e. The fourth-order valence-electron chi connectivity index (χ4n) is 0.967. The van der Waals surface area contributed by atoms with E-state index in [-0.39, 0.29) is 5.91 Å². The molecule has 0 aromatic carbocycles. The third-order valence-corrected chi connectivity index (χ3v) is 1.64. The molecule has 0 spiro atoms. The van der Waals surface area contributed by atoms with Gasteiger partial charge in [0.1, 0.15) is 0 Å². The van der Waals surface area contributed by atoms with E-state index >= 15 is 0 Å². The number of rotatable bonds is 6. The van der Waals surface area contributed by atoms with Crippen LogP contribution in [-0.2, 0) is 4.79 Å². The molecule has 0 radical (unpaired) electrons. The molecule has 0 aliphatic rings. The molecule has 0 saturated carbocycles. The van der Waals surface area contributed by atoms with Crippen LogP contribution >= 0.6 is 0 Å². The van der Waals surface area contributed by atoms with E-state index in [0.717, 1.165) is 0 Å². The standard InChI is InChI=1S/C10H18N2O/c1-4-6-9(3)12-8-7-10(13)11-5-2/h1,9,12H,5-8H2,2-3H3,(H,11,13). The highest BCUT2D eigenvalue weighted by Crippen LogP contribution is 1.87. The van der Waals surface area contributed by atoms with Crippen molar-refractivity contribution in [1.82, 2.24) is 10.6 Å². The highest BCUT2D eigenvalue weighted by atomic mass is 16.1. The number of terminal acetylenes is 1. The van der Waals surface area contributed by atoms with E-state index in [1.165, 1.54) is 0 Å². The lowest BCUT2D eigenvalue weighted by molar-refractivity contribution is -0.120. The van der Waals surface area contributed by atoms with Crippen molar-refractivity contribution < 1.29 is 4.79 Å². The Morgan fingerprint density at radius 2 is 2.31 bits per heavy atom. The van der Waals surface area contributed by atoms with Gasteiger partial charge in [0.2, 0.25) is 5.91 Å². The molecule has 3 heteroatoms. The molecule has 74 valence electrons. The van der Waals surface area contributed by atoms with Gasteiger partial charge in [-0.25, -0.2) is 0 Å². The smallest absolute Gasteiger partial charge is 0.221 e. The molecule has 1 atom stereocenters. The second-order valence-corrected chi connectivity index (χ2v) is 2.97. The Morgan fingerprint density at radius 3 is 2.85 bits per heavy atom. The van der Waals surface area contributed by atoms with Crippen molar-refractivity contribution in [3.63, 3.8) is 0 Å². The molecule has 0 aliphatic carbocycles. The van der Waals surface area contributed by atoms with Crippen molar-refractivity contribution >= 4 is 5.91 Å². The first-order chi connectivity index (χ1) is 6.20. The molecule has 3 nitrogen and oxygen atoms in total. The maximum absolute atomic E-state index is 11.0. The summed E-state index contributed by atoms with van der Waals surface area (Å²) in [5, 5.41) is 5.90. The van der Waals surface area contributed by atoms with Gasteiger partial charge in [0.25, 0.3) is 0 Å². The summed E-state index contributed by atoms with van der Waals surface area (Å²) >= 11 is 0. The molecule has 0 heterocycles. The van der Waals surface area contributed by atoms with Gasteiger partial charge >= 0.3 is 0 Å². The molecule has 0 saturated heterocycles. The Hall–Kier alpha value is -1.01. The van der Waals surface area contributed by atoms with E-state index in [4.69, 9.17) is 6.42 Å². The lowest BCUT2D eigenvalue weighted by Crippen LogP contribution is -2.31. The number of carbonyl (C=O) groups excluding carboxylic acids is 1. The summed E-state index contributed by atoms with van der Waals surface area (Å²) in [4.78, 5) is 11.0. The highest BCUT2D eigenvalue weighted by molar-refractivity contribution is 5.75. The van der Waals surface area contributed by atoms with Crippen LogP contribution in [0.2, 0.25) is 0 Å². The molecule has 1 unspecified atom stereocenters. The zero-order valence-corrected chi connectivity index (χ0v) is 8.39. The van der Waals surface area contributed by atoms with Gasteiger partial charge in [0.05, 0.1) is 0 Å². The van der Waals surface area contributed by atoms with Crippen LogP contribution < -0.4 is 10.6 Å². The Balaban J connectivity index is 3.34. The molecule has 0 aromatic heterocycles. The van der Waals surface area contributed by atoms with Gasteiger partial charge in [-0.15, -0.1) is 12.3 Å². The van der Waals surface area contributed by atoms with Crippen molar-refractivity contribution in [1.29, 1.82) is 0 Å². The largest absolute Gasteiger partial charge is 0.356 e. The first kappa shape index (κ1) is 12.0. The molecule has 0 rings (SSSR count). The van der Waals surface area contributed by atoms with Crippen LogP contribution in [-0.4, -0.2) is 25.0 Å². The van der Waals surface area contributed by atoms with Crippen molar-refractivity contribution in [2.24, 2.45) is 0 Å². The third-order valence-electron chi connectivity index (χ3n) is 1.64. The van der Waals surface area contributed by atoms with Crippen molar-refractivity contribution in [3.05, 3.63) is 0 Å². The van der Waals surface area contributed by atoms with Gasteiger partial charge < -0.3 is 10.6 Å². The number of nitrogens with one attached hydrogen (secondary N) is 2. The molecule has 0 aliphatic heterocycles. The van der Waals surface area contributed by atoms with E-state index < -0.39 is 0 Å². The topological polar surface area (TPSA) is 41.1 Å². The SMILES string of the molecule is C#CCC(C)NCCC(=O)NCC. The molecular formula is C10H18N2O. The van der Waals surface area contributed by atoms with Crippen molar-refractivity contribution in [3.8, 4) is 12.3 Å². The molecule has 0 bridgehead atoms. The minimum Gasteiger partial charge on any atom is -0.356 e. The van der Waals surface area contributed by atoms with Crippen LogP contribution in [0.3, 0.4) is 0 Å². The molecule has 0 aromatic rings. The van der Waals surface area contributed by atoms with E-state index in [1.54, 1.807) is 0 Å². The van der Waals surface area contributed by atoms with Gasteiger partial charge in [-0.05, 0) is 13.8 Å². The zero-order chi connectivity index (χ0) is 10.1. The Kier molecular flexibility index (Phi) is 7.04. The summed E-state index contributed by atoms with van der Waals surface area (Å²) in [6, 6.07) is 0.291. The average Bonchev–Trinajstić information content (AvgIpc) is 2.05. The van der Waals surface area contributed by atoms with Crippen LogP contribution in [0, 0.1) is 12.3 Å². The van der Waals surface area contributed by atoms with Gasteiger partial charge in [0.15, 0.2) is 0 Å². The highest BCUT2D eigenvalue weighted by Gasteiger charge is 2.01. The summed E-state index contributed by atoms with van der Waals surface area (Å²) in [6.45, 7) is 5.30. The second-order valence-electron chi connectivity index (χ2n) is 2.97. The zero-order valence-electron chi connectivity index (χ0n) is 8.39. The van der Waals surface area contributed by atoms with Crippen molar-refractivity contribution in [2.75, 3.05) is 13.1 Å². The van der Waals surface area contributed by atoms with Gasteiger partial charge in [-0.1, -0.05) is 0 Å². The Labute approximate surface area is 80.3 Å². The van der Waals surface area contributed by atoms with Crippen LogP contribution in [0.5, 0.6) is 0 Å². The third kappa shape index (κ3) is 7.35. The molecule has 13 heavy (non-hydrogen) atoms. The molecule has 1 amide bonds. The summed E-state index contributed by atoms with van der Waals surface area (Å²) in [5.74, 6) is 2.65. The second kappa shape index (κ2) is 7.63. The monoisotopic (exact) mass is 182 g/mol. The van der Waals surface area contributed by atoms with Crippen LogP contribution in [0.1, 0.15) is 26.7 Å². The fourth-order valence-corrected chi connectivity index (χ4v) is 0.967. The van der Waals surface area contributed by atoms with Gasteiger partial charge in [-0.3, -0.25) is 4.79 Å². The first-order valence-electron chi connectivity index (χ1n) is 4.64. The summed E-state index contributed by atoms with van der Waals surface area (Å²) in [6.07, 6.45) is 6.36. The summed E-state index contributed by atoms with van der Waals surface area (Å²) in [5.41, 5.74) is 0. The number of carbonyl (C=O) groups is 1. The molecule has 2 N–H and O–H groups in total. The van der Waals surface area contributed by atoms with Gasteiger partial charge in [0, 0.05) is 32.0 Å². The van der Waals surface area contributed by atoms with E-state index in [0.29, 0.717) is 32.0 Å².